The summed E-state index contributed by atoms with van der Waals surface area (Å²) in [6.45, 7) is 12.1. The van der Waals surface area contributed by atoms with E-state index in [0.717, 1.165) is 108 Å². The van der Waals surface area contributed by atoms with E-state index in [1.165, 1.54) is 302 Å². The highest BCUT2D eigenvalue weighted by atomic mass is 31.2. The molecule has 0 aliphatic heterocycles. The van der Waals surface area contributed by atoms with E-state index in [4.69, 9.17) is 37.0 Å². The minimum Gasteiger partial charge on any atom is -0.462 e. The van der Waals surface area contributed by atoms with Crippen molar-refractivity contribution in [2.45, 2.75) is 510 Å². The molecule has 0 radical (unpaired) electrons. The topological polar surface area (TPSA) is 237 Å². The number of carbonyl (C=O) groups is 4. The first-order valence-electron chi connectivity index (χ1n) is 47.4. The summed E-state index contributed by atoms with van der Waals surface area (Å²) in [5.41, 5.74) is 0. The molecule has 0 heterocycles. The van der Waals surface area contributed by atoms with Crippen molar-refractivity contribution in [2.24, 2.45) is 17.8 Å². The molecule has 6 atom stereocenters. The summed E-state index contributed by atoms with van der Waals surface area (Å²) < 4.78 is 69.1. The third-order valence-corrected chi connectivity index (χ3v) is 23.9. The number of aliphatic hydroxyl groups is 1. The Morgan fingerprint density at radius 1 is 0.261 bits per heavy atom. The Kier molecular flexibility index (Phi) is 80.4. The lowest BCUT2D eigenvalue weighted by Gasteiger charge is -2.21. The van der Waals surface area contributed by atoms with Gasteiger partial charge < -0.3 is 33.8 Å². The van der Waals surface area contributed by atoms with Crippen molar-refractivity contribution in [3.63, 3.8) is 0 Å². The number of phosphoric acid groups is 2. The third kappa shape index (κ3) is 84.3. The van der Waals surface area contributed by atoms with Crippen molar-refractivity contribution in [2.75, 3.05) is 39.6 Å². The van der Waals surface area contributed by atoms with Gasteiger partial charge >= 0.3 is 39.5 Å². The van der Waals surface area contributed by atoms with Crippen LogP contribution in [0.1, 0.15) is 492 Å². The number of esters is 4. The zero-order chi connectivity index (χ0) is 81.5. The summed E-state index contributed by atoms with van der Waals surface area (Å²) >= 11 is 0. The van der Waals surface area contributed by atoms with Gasteiger partial charge in [-0.2, -0.15) is 0 Å². The van der Waals surface area contributed by atoms with Gasteiger partial charge in [0.15, 0.2) is 12.2 Å². The Morgan fingerprint density at radius 2 is 0.459 bits per heavy atom. The molecule has 0 aliphatic carbocycles. The van der Waals surface area contributed by atoms with Gasteiger partial charge in [-0.25, -0.2) is 9.13 Å². The molecule has 3 N–H and O–H groups in total. The van der Waals surface area contributed by atoms with Crippen molar-refractivity contribution >= 4 is 39.5 Å². The van der Waals surface area contributed by atoms with Gasteiger partial charge in [-0.05, 0) is 43.4 Å². The first-order chi connectivity index (χ1) is 53.8. The molecule has 0 spiro atoms. The van der Waals surface area contributed by atoms with Gasteiger partial charge in [0.1, 0.15) is 19.3 Å². The molecule has 0 aromatic carbocycles. The zero-order valence-corrected chi connectivity index (χ0v) is 75.2. The number of phosphoric ester groups is 2. The molecule has 0 saturated heterocycles. The number of ether oxygens (including phenoxy) is 4. The molecule has 0 bridgehead atoms. The second-order valence-corrected chi connectivity index (χ2v) is 37.2. The van der Waals surface area contributed by atoms with Crippen LogP contribution in [0.3, 0.4) is 0 Å². The molecular weight excluding hydrogens is 1440 g/mol. The zero-order valence-electron chi connectivity index (χ0n) is 73.4. The van der Waals surface area contributed by atoms with E-state index in [0.29, 0.717) is 25.7 Å². The van der Waals surface area contributed by atoms with Gasteiger partial charge in [-0.1, -0.05) is 440 Å². The minimum absolute atomic E-state index is 0.107. The number of unbranched alkanes of at least 4 members (excludes halogenated alkanes) is 57. The lowest BCUT2D eigenvalue weighted by atomic mass is 9.99. The maximum atomic E-state index is 13.2. The van der Waals surface area contributed by atoms with E-state index in [1.807, 2.05) is 0 Å². The van der Waals surface area contributed by atoms with Gasteiger partial charge in [-0.15, -0.1) is 0 Å². The maximum absolute atomic E-state index is 13.2. The minimum atomic E-state index is -4.97. The lowest BCUT2D eigenvalue weighted by Crippen LogP contribution is -2.30. The summed E-state index contributed by atoms with van der Waals surface area (Å²) in [5.74, 6) is 0.301. The van der Waals surface area contributed by atoms with Gasteiger partial charge in [0.05, 0.1) is 26.4 Å². The summed E-state index contributed by atoms with van der Waals surface area (Å²) in [5, 5.41) is 10.7. The van der Waals surface area contributed by atoms with Gasteiger partial charge in [0.25, 0.3) is 0 Å². The summed E-state index contributed by atoms with van der Waals surface area (Å²) in [6.07, 6.45) is 75.1. The Bertz CT molecular complexity index is 2130. The monoisotopic (exact) mass is 1620 g/mol. The van der Waals surface area contributed by atoms with Crippen LogP contribution in [0.15, 0.2) is 0 Å². The normalized spacial score (nSPS) is 14.0. The molecule has 0 aromatic heterocycles. The lowest BCUT2D eigenvalue weighted by molar-refractivity contribution is -0.161. The molecule has 3 unspecified atom stereocenters. The first kappa shape index (κ1) is 109. The van der Waals surface area contributed by atoms with Gasteiger partial charge in [0.2, 0.25) is 0 Å². The van der Waals surface area contributed by atoms with E-state index in [-0.39, 0.29) is 25.7 Å². The second-order valence-electron chi connectivity index (χ2n) is 34.2. The molecular formula is C92H180O17P2. The molecule has 0 aliphatic rings. The van der Waals surface area contributed by atoms with Crippen molar-refractivity contribution in [3.05, 3.63) is 0 Å². The molecule has 0 rings (SSSR count). The van der Waals surface area contributed by atoms with Crippen LogP contribution in [-0.4, -0.2) is 96.7 Å². The van der Waals surface area contributed by atoms with Crippen molar-refractivity contribution < 1.29 is 80.2 Å². The molecule has 660 valence electrons. The number of aliphatic hydroxyl groups excluding tert-OH is 1. The van der Waals surface area contributed by atoms with Crippen LogP contribution >= 0.6 is 15.6 Å². The van der Waals surface area contributed by atoms with Crippen molar-refractivity contribution in [1.82, 2.24) is 0 Å². The summed E-state index contributed by atoms with van der Waals surface area (Å²) in [7, 11) is -9.94. The molecule has 19 heteroatoms. The number of rotatable bonds is 90. The standard InChI is InChI=1S/C92H180O17P2/c1-8-10-11-12-13-14-15-16-17-18-19-20-24-29-34-39-44-52-59-66-73-89(94)102-79-87(108-91(96)75-68-61-54-45-40-35-30-25-22-21-23-28-33-38-43-51-58-65-72-85(7)9-2)81-106-110(98,99)104-77-86(93)78-105-111(100,101)107-82-88(80-103-90(95)74-67-60-53-48-47-50-57-64-71-84(5)6)109-92(97)76-69-62-55-46-41-36-31-26-27-32-37-42-49-56-63-70-83(3)4/h83-88,93H,8-82H2,1-7H3,(H,98,99)(H,100,101)/t85?,86-,87-,88-/m1/s1. The van der Waals surface area contributed by atoms with E-state index in [2.05, 4.69) is 48.5 Å². The fourth-order valence-corrected chi connectivity index (χ4v) is 16.0. The Balaban J connectivity index is 5.23. The van der Waals surface area contributed by atoms with Crippen LogP contribution in [0.5, 0.6) is 0 Å². The van der Waals surface area contributed by atoms with Crippen molar-refractivity contribution in [3.8, 4) is 0 Å². The molecule has 17 nitrogen and oxygen atoms in total. The van der Waals surface area contributed by atoms with E-state index >= 15 is 0 Å². The highest BCUT2D eigenvalue weighted by Gasteiger charge is 2.31. The van der Waals surface area contributed by atoms with Crippen LogP contribution in [0.25, 0.3) is 0 Å². The smallest absolute Gasteiger partial charge is 0.462 e. The quantitative estimate of drug-likeness (QED) is 0.0222. The van der Waals surface area contributed by atoms with E-state index < -0.39 is 97.5 Å². The van der Waals surface area contributed by atoms with Crippen LogP contribution in [0, 0.1) is 17.8 Å². The molecule has 111 heavy (non-hydrogen) atoms. The molecule has 0 fully saturated rings. The Hall–Kier alpha value is -1.94. The first-order valence-corrected chi connectivity index (χ1v) is 50.4. The second kappa shape index (κ2) is 81.8. The fraction of sp³-hybridized carbons (Fsp3) is 0.957. The highest BCUT2D eigenvalue weighted by Crippen LogP contribution is 2.45. The van der Waals surface area contributed by atoms with E-state index in [1.54, 1.807) is 0 Å². The van der Waals surface area contributed by atoms with Crippen LogP contribution in [0.2, 0.25) is 0 Å². The average Bonchev–Trinajstić information content (AvgIpc) is 0.898. The highest BCUT2D eigenvalue weighted by molar-refractivity contribution is 7.47. The molecule has 0 aromatic rings. The molecule has 0 amide bonds. The van der Waals surface area contributed by atoms with Gasteiger partial charge in [-0.3, -0.25) is 37.3 Å². The van der Waals surface area contributed by atoms with Crippen LogP contribution in [0.4, 0.5) is 0 Å². The molecule has 0 saturated carbocycles. The number of carbonyl (C=O) groups excluding carboxylic acids is 4. The predicted octanol–water partition coefficient (Wildman–Crippen LogP) is 28.4. The van der Waals surface area contributed by atoms with Crippen molar-refractivity contribution in [1.29, 1.82) is 0 Å². The van der Waals surface area contributed by atoms with Crippen LogP contribution in [-0.2, 0) is 65.4 Å². The SMILES string of the molecule is CCCCCCCCCCCCCCCCCCCCCCC(=O)OC[C@H](COP(=O)(O)OC[C@@H](O)COP(=O)(O)OC[C@@H](COC(=O)CCCCCCCCCCC(C)C)OC(=O)CCCCCCCCCCCCCCCCCC(C)C)OC(=O)CCCCCCCCCCCCCCCCCCCCC(C)CC. The fourth-order valence-electron chi connectivity index (χ4n) is 14.4. The summed E-state index contributed by atoms with van der Waals surface area (Å²) in [4.78, 5) is 73.4. The largest absolute Gasteiger partial charge is 0.472 e. The third-order valence-electron chi connectivity index (χ3n) is 22.0. The Morgan fingerprint density at radius 3 is 0.685 bits per heavy atom. The Labute approximate surface area is 683 Å². The van der Waals surface area contributed by atoms with E-state index in [9.17, 15) is 43.2 Å². The van der Waals surface area contributed by atoms with Gasteiger partial charge in [0, 0.05) is 25.7 Å². The predicted molar refractivity (Wildman–Crippen MR) is 460 cm³/mol. The summed E-state index contributed by atoms with van der Waals surface area (Å²) in [6, 6.07) is 0. The average molecular weight is 1620 g/mol. The van der Waals surface area contributed by atoms with Crippen LogP contribution < -0.4 is 0 Å². The number of hydrogen-bond donors (Lipinski definition) is 3. The maximum Gasteiger partial charge on any atom is 0.472 e. The number of hydrogen-bond acceptors (Lipinski definition) is 15.